The standard InChI is InChI=1S/C26H31N3O5S/c30-26(28-18-11-13-20(14-12-18)33-19-9-5-2-6-10-19)34-22-16-32-23-21(15-31-24(22)23)29-25(35)27-17-7-3-1-4-8-17/h2,5-6,9-14,17,21-24H,1,3-4,7-8,15-16H2,(H,28,30)(H2,27,29,35)/t21-,22+,23+,24+/m0/s1. The van der Waals surface area contributed by atoms with Crippen LogP contribution in [0.3, 0.4) is 0 Å². The third-order valence-corrected chi connectivity index (χ3v) is 6.84. The quantitative estimate of drug-likeness (QED) is 0.508. The molecule has 2 aliphatic heterocycles. The molecular weight excluding hydrogens is 466 g/mol. The highest BCUT2D eigenvalue weighted by atomic mass is 32.1. The van der Waals surface area contributed by atoms with Gasteiger partial charge < -0.3 is 29.6 Å². The lowest BCUT2D eigenvalue weighted by Gasteiger charge is -2.26. The molecule has 3 fully saturated rings. The van der Waals surface area contributed by atoms with Crippen molar-refractivity contribution in [3.05, 3.63) is 54.6 Å². The van der Waals surface area contributed by atoms with Crippen molar-refractivity contribution in [1.82, 2.24) is 10.6 Å². The molecule has 1 aliphatic carbocycles. The van der Waals surface area contributed by atoms with Crippen LogP contribution >= 0.6 is 12.2 Å². The molecule has 1 amide bonds. The zero-order chi connectivity index (χ0) is 24.0. The molecule has 5 rings (SSSR count). The van der Waals surface area contributed by atoms with Crippen LogP contribution in [0.1, 0.15) is 32.1 Å². The van der Waals surface area contributed by atoms with E-state index in [1.54, 1.807) is 24.3 Å². The fourth-order valence-electron chi connectivity index (χ4n) is 4.85. The second-order valence-corrected chi connectivity index (χ2v) is 9.57. The average molecular weight is 498 g/mol. The van der Waals surface area contributed by atoms with E-state index in [1.165, 1.54) is 19.3 Å². The predicted molar refractivity (Wildman–Crippen MR) is 136 cm³/mol. The van der Waals surface area contributed by atoms with Crippen molar-refractivity contribution in [3.63, 3.8) is 0 Å². The van der Waals surface area contributed by atoms with Crippen molar-refractivity contribution in [1.29, 1.82) is 0 Å². The number of anilines is 1. The number of carbonyl (C=O) groups excluding carboxylic acids is 1. The molecule has 186 valence electrons. The van der Waals surface area contributed by atoms with Gasteiger partial charge in [0.15, 0.2) is 11.2 Å². The molecule has 0 spiro atoms. The first-order valence-electron chi connectivity index (χ1n) is 12.2. The number of hydrogen-bond acceptors (Lipinski definition) is 6. The summed E-state index contributed by atoms with van der Waals surface area (Å²) in [6, 6.07) is 17.0. The van der Waals surface area contributed by atoms with E-state index < -0.39 is 12.2 Å². The number of rotatable bonds is 6. The topological polar surface area (TPSA) is 90.1 Å². The Kier molecular flexibility index (Phi) is 7.66. The maximum Gasteiger partial charge on any atom is 0.412 e. The molecule has 9 heteroatoms. The monoisotopic (exact) mass is 497 g/mol. The van der Waals surface area contributed by atoms with Gasteiger partial charge in [-0.1, -0.05) is 37.5 Å². The highest BCUT2D eigenvalue weighted by Gasteiger charge is 2.49. The number of thiocarbonyl (C=S) groups is 1. The normalized spacial score (nSPS) is 25.9. The van der Waals surface area contributed by atoms with Crippen molar-refractivity contribution in [3.8, 4) is 11.5 Å². The zero-order valence-corrected chi connectivity index (χ0v) is 20.3. The maximum absolute atomic E-state index is 12.5. The second kappa shape index (κ2) is 11.2. The molecule has 35 heavy (non-hydrogen) atoms. The number of amides is 1. The van der Waals surface area contributed by atoms with E-state index >= 15 is 0 Å². The van der Waals surface area contributed by atoms with E-state index in [4.69, 9.17) is 31.2 Å². The summed E-state index contributed by atoms with van der Waals surface area (Å²) in [5.41, 5.74) is 0.608. The number of ether oxygens (including phenoxy) is 4. The number of fused-ring (bicyclic) bond motifs is 1. The Morgan fingerprint density at radius 1 is 0.857 bits per heavy atom. The van der Waals surface area contributed by atoms with Crippen LogP contribution in [0.15, 0.2) is 54.6 Å². The Balaban J connectivity index is 1.07. The van der Waals surface area contributed by atoms with Gasteiger partial charge >= 0.3 is 6.09 Å². The lowest BCUT2D eigenvalue weighted by atomic mass is 9.96. The van der Waals surface area contributed by atoms with Crippen molar-refractivity contribution >= 4 is 29.1 Å². The van der Waals surface area contributed by atoms with Crippen LogP contribution in [0.4, 0.5) is 10.5 Å². The van der Waals surface area contributed by atoms with E-state index in [9.17, 15) is 4.79 Å². The molecule has 2 aromatic carbocycles. The highest BCUT2D eigenvalue weighted by Crippen LogP contribution is 2.29. The van der Waals surface area contributed by atoms with Gasteiger partial charge in [0.05, 0.1) is 19.3 Å². The fourth-order valence-corrected chi connectivity index (χ4v) is 5.17. The second-order valence-electron chi connectivity index (χ2n) is 9.16. The minimum absolute atomic E-state index is 0.0718. The molecule has 0 unspecified atom stereocenters. The maximum atomic E-state index is 12.5. The Bertz CT molecular complexity index is 1000. The molecule has 0 radical (unpaired) electrons. The summed E-state index contributed by atoms with van der Waals surface area (Å²) in [5, 5.41) is 10.1. The average Bonchev–Trinajstić information content (AvgIpc) is 3.45. The molecule has 2 saturated heterocycles. The van der Waals surface area contributed by atoms with E-state index in [0.717, 1.165) is 18.6 Å². The molecule has 4 atom stereocenters. The molecule has 0 bridgehead atoms. The van der Waals surface area contributed by atoms with Crippen LogP contribution in [0.5, 0.6) is 11.5 Å². The molecule has 2 aromatic rings. The number of hydrogen-bond donors (Lipinski definition) is 3. The summed E-state index contributed by atoms with van der Waals surface area (Å²) in [5.74, 6) is 1.43. The Hall–Kier alpha value is -2.88. The van der Waals surface area contributed by atoms with Gasteiger partial charge in [-0.25, -0.2) is 4.79 Å². The number of nitrogens with one attached hydrogen (secondary N) is 3. The van der Waals surface area contributed by atoms with Crippen LogP contribution in [-0.2, 0) is 14.2 Å². The van der Waals surface area contributed by atoms with E-state index in [0.29, 0.717) is 29.2 Å². The third-order valence-electron chi connectivity index (χ3n) is 6.60. The molecule has 2 heterocycles. The SMILES string of the molecule is O=C(Nc1ccc(Oc2ccccc2)cc1)O[C@@H]1CO[C@H]2[C@@H]1OC[C@@H]2NC(=S)NC1CCCCC1. The van der Waals surface area contributed by atoms with Gasteiger partial charge in [0.1, 0.15) is 23.7 Å². The van der Waals surface area contributed by atoms with E-state index in [1.807, 2.05) is 30.3 Å². The smallest absolute Gasteiger partial charge is 0.412 e. The Morgan fingerprint density at radius 3 is 2.34 bits per heavy atom. The van der Waals surface area contributed by atoms with Crippen molar-refractivity contribution in [2.45, 2.75) is 62.5 Å². The van der Waals surface area contributed by atoms with Crippen molar-refractivity contribution in [2.75, 3.05) is 18.5 Å². The lowest BCUT2D eigenvalue weighted by molar-refractivity contribution is 0.00879. The molecule has 8 nitrogen and oxygen atoms in total. The van der Waals surface area contributed by atoms with Crippen molar-refractivity contribution in [2.24, 2.45) is 0 Å². The zero-order valence-electron chi connectivity index (χ0n) is 19.5. The van der Waals surface area contributed by atoms with Gasteiger partial charge in [0, 0.05) is 11.7 Å². The largest absolute Gasteiger partial charge is 0.457 e. The van der Waals surface area contributed by atoms with E-state index in [2.05, 4.69) is 16.0 Å². The third kappa shape index (κ3) is 6.22. The number of benzene rings is 2. The number of carbonyl (C=O) groups is 1. The predicted octanol–water partition coefficient (Wildman–Crippen LogP) is 4.36. The van der Waals surface area contributed by atoms with Crippen LogP contribution in [-0.4, -0.2) is 54.8 Å². The molecular formula is C26H31N3O5S. The molecule has 3 N–H and O–H groups in total. The lowest BCUT2D eigenvalue weighted by Crippen LogP contribution is -2.50. The molecule has 1 saturated carbocycles. The van der Waals surface area contributed by atoms with Gasteiger partial charge in [-0.2, -0.15) is 0 Å². The Labute approximate surface area is 210 Å². The summed E-state index contributed by atoms with van der Waals surface area (Å²) < 4.78 is 23.2. The number of para-hydroxylation sites is 1. The minimum Gasteiger partial charge on any atom is -0.457 e. The first-order chi connectivity index (χ1) is 17.1. The van der Waals surface area contributed by atoms with Crippen LogP contribution in [0, 0.1) is 0 Å². The van der Waals surface area contributed by atoms with Gasteiger partial charge in [0.2, 0.25) is 0 Å². The summed E-state index contributed by atoms with van der Waals surface area (Å²) >= 11 is 5.51. The van der Waals surface area contributed by atoms with Gasteiger partial charge in [0.25, 0.3) is 0 Å². The van der Waals surface area contributed by atoms with Crippen LogP contribution in [0.25, 0.3) is 0 Å². The first kappa shape index (κ1) is 23.8. The summed E-state index contributed by atoms with van der Waals surface area (Å²) in [7, 11) is 0. The fraction of sp³-hybridized carbons (Fsp3) is 0.462. The minimum atomic E-state index is -0.550. The van der Waals surface area contributed by atoms with Gasteiger partial charge in [-0.15, -0.1) is 0 Å². The molecule has 0 aromatic heterocycles. The van der Waals surface area contributed by atoms with Crippen LogP contribution < -0.4 is 20.7 Å². The summed E-state index contributed by atoms with van der Waals surface area (Å²) in [6.45, 7) is 0.736. The molecule has 3 aliphatic rings. The summed E-state index contributed by atoms with van der Waals surface area (Å²) in [4.78, 5) is 12.5. The van der Waals surface area contributed by atoms with Crippen LogP contribution in [0.2, 0.25) is 0 Å². The first-order valence-corrected chi connectivity index (χ1v) is 12.7. The summed E-state index contributed by atoms with van der Waals surface area (Å²) in [6.07, 6.45) is 4.53. The van der Waals surface area contributed by atoms with Gasteiger partial charge in [-0.3, -0.25) is 5.32 Å². The van der Waals surface area contributed by atoms with Crippen molar-refractivity contribution < 1.29 is 23.7 Å². The highest BCUT2D eigenvalue weighted by molar-refractivity contribution is 7.80. The van der Waals surface area contributed by atoms with E-state index in [-0.39, 0.29) is 24.9 Å². The Morgan fingerprint density at radius 2 is 1.57 bits per heavy atom. The van der Waals surface area contributed by atoms with Gasteiger partial charge in [-0.05, 0) is 61.5 Å².